The van der Waals surface area contributed by atoms with Gasteiger partial charge in [0.15, 0.2) is 0 Å². The van der Waals surface area contributed by atoms with Gasteiger partial charge in [0.2, 0.25) is 0 Å². The van der Waals surface area contributed by atoms with E-state index >= 15 is 0 Å². The third kappa shape index (κ3) is 7.09. The Morgan fingerprint density at radius 1 is 1.47 bits per heavy atom. The van der Waals surface area contributed by atoms with Crippen LogP contribution >= 0.6 is 21.6 Å². The highest BCUT2D eigenvalue weighted by atomic mass is 33.1. The number of hydrogen-bond acceptors (Lipinski definition) is 3. The maximum atomic E-state index is 8.74. The largest absolute Gasteiger partial charge is 0.395 e. The number of allylic oxidation sites excluding steroid dienone is 2. The Morgan fingerprint density at radius 3 is 2.67 bits per heavy atom. The molecule has 0 aromatic rings. The zero-order chi connectivity index (χ0) is 11.5. The Morgan fingerprint density at radius 2 is 2.20 bits per heavy atom. The van der Waals surface area contributed by atoms with Crippen molar-refractivity contribution in [1.82, 2.24) is 0 Å². The molecule has 0 amide bonds. The van der Waals surface area contributed by atoms with Gasteiger partial charge in [0.05, 0.1) is 6.61 Å². The summed E-state index contributed by atoms with van der Waals surface area (Å²) in [6, 6.07) is 0. The predicted molar refractivity (Wildman–Crippen MR) is 74.4 cm³/mol. The van der Waals surface area contributed by atoms with E-state index < -0.39 is 0 Å². The van der Waals surface area contributed by atoms with Crippen molar-refractivity contribution in [1.29, 1.82) is 0 Å². The summed E-state index contributed by atoms with van der Waals surface area (Å²) in [5, 5.41) is 9.32. The van der Waals surface area contributed by atoms with Crippen molar-refractivity contribution in [3.63, 3.8) is 0 Å². The van der Waals surface area contributed by atoms with Crippen molar-refractivity contribution < 1.29 is 5.11 Å². The molecule has 0 spiro atoms. The van der Waals surface area contributed by atoms with E-state index in [2.05, 4.69) is 26.5 Å². The Bertz CT molecular complexity index is 190. The molecule has 0 aliphatic rings. The van der Waals surface area contributed by atoms with Gasteiger partial charge in [0.1, 0.15) is 0 Å². The quantitative estimate of drug-likeness (QED) is 0.376. The fourth-order valence-corrected chi connectivity index (χ4v) is 4.03. The third-order valence-electron chi connectivity index (χ3n) is 2.06. The molecule has 0 fully saturated rings. The van der Waals surface area contributed by atoms with E-state index in [-0.39, 0.29) is 6.61 Å². The van der Waals surface area contributed by atoms with Gasteiger partial charge in [-0.1, -0.05) is 66.2 Å². The molecule has 88 valence electrons. The van der Waals surface area contributed by atoms with E-state index in [0.29, 0.717) is 5.25 Å². The maximum Gasteiger partial charge on any atom is 0.0530 e. The van der Waals surface area contributed by atoms with Crippen molar-refractivity contribution in [3.05, 3.63) is 24.3 Å². The predicted octanol–water partition coefficient (Wildman–Crippen LogP) is 4.05. The fourth-order valence-electron chi connectivity index (χ4n) is 1.33. The molecule has 0 rings (SSSR count). The second kappa shape index (κ2) is 10.7. The van der Waals surface area contributed by atoms with Gasteiger partial charge in [-0.2, -0.15) is 0 Å². The first-order valence-corrected chi connectivity index (χ1v) is 7.88. The van der Waals surface area contributed by atoms with Gasteiger partial charge in [-0.15, -0.1) is 0 Å². The van der Waals surface area contributed by atoms with Crippen LogP contribution in [0.5, 0.6) is 0 Å². The fraction of sp³-hybridized carbons (Fsp3) is 0.667. The van der Waals surface area contributed by atoms with Gasteiger partial charge < -0.3 is 5.11 Å². The molecular formula is C12H22OS2. The summed E-state index contributed by atoms with van der Waals surface area (Å²) >= 11 is 0. The van der Waals surface area contributed by atoms with Crippen molar-refractivity contribution in [2.45, 2.75) is 38.4 Å². The molecular weight excluding hydrogens is 224 g/mol. The first-order chi connectivity index (χ1) is 7.29. The van der Waals surface area contributed by atoms with Crippen molar-refractivity contribution >= 4 is 21.6 Å². The summed E-state index contributed by atoms with van der Waals surface area (Å²) in [4.78, 5) is 0. The minimum atomic E-state index is 0.267. The van der Waals surface area contributed by atoms with Crippen LogP contribution in [-0.4, -0.2) is 22.7 Å². The second-order valence-corrected chi connectivity index (χ2v) is 5.94. The Kier molecular flexibility index (Phi) is 10.8. The maximum absolute atomic E-state index is 8.74. The summed E-state index contributed by atoms with van der Waals surface area (Å²) in [6.07, 6.45) is 7.50. The lowest BCUT2D eigenvalue weighted by molar-refractivity contribution is 0.323. The third-order valence-corrected chi connectivity index (χ3v) is 4.92. The van der Waals surface area contributed by atoms with Gasteiger partial charge in [-0.05, 0) is 12.8 Å². The zero-order valence-electron chi connectivity index (χ0n) is 9.74. The standard InChI is InChI=1S/C12H22OS2/c1-4-7-11(6-3)12(8-5-2)15-14-10-9-13/h4,7,12-13H,1,5-6,8-10H2,2-3H3/b11-7-. The molecule has 0 aliphatic heterocycles. The first-order valence-electron chi connectivity index (χ1n) is 5.50. The average Bonchev–Trinajstić information content (AvgIpc) is 2.25. The number of aliphatic hydroxyl groups is 1. The van der Waals surface area contributed by atoms with Crippen molar-refractivity contribution in [2.75, 3.05) is 12.4 Å². The summed E-state index contributed by atoms with van der Waals surface area (Å²) < 4.78 is 0. The van der Waals surface area contributed by atoms with Crippen LogP contribution in [-0.2, 0) is 0 Å². The molecule has 0 radical (unpaired) electrons. The molecule has 0 aliphatic carbocycles. The highest BCUT2D eigenvalue weighted by Gasteiger charge is 2.12. The molecule has 0 heterocycles. The molecule has 1 atom stereocenters. The number of hydrogen-bond donors (Lipinski definition) is 1. The number of aliphatic hydroxyl groups excluding tert-OH is 1. The molecule has 1 unspecified atom stereocenters. The van der Waals surface area contributed by atoms with Crippen LogP contribution in [0.4, 0.5) is 0 Å². The summed E-state index contributed by atoms with van der Waals surface area (Å²) in [7, 11) is 3.65. The van der Waals surface area contributed by atoms with Crippen molar-refractivity contribution in [2.24, 2.45) is 0 Å². The summed E-state index contributed by atoms with van der Waals surface area (Å²) in [5.41, 5.74) is 1.46. The van der Waals surface area contributed by atoms with Gasteiger partial charge >= 0.3 is 0 Å². The van der Waals surface area contributed by atoms with E-state index in [9.17, 15) is 0 Å². The lowest BCUT2D eigenvalue weighted by Crippen LogP contribution is -2.05. The number of rotatable bonds is 9. The van der Waals surface area contributed by atoms with Crippen LogP contribution in [0, 0.1) is 0 Å². The lowest BCUT2D eigenvalue weighted by atomic mass is 10.1. The Labute approximate surface area is 102 Å². The molecule has 0 aromatic carbocycles. The molecule has 1 nitrogen and oxygen atoms in total. The van der Waals surface area contributed by atoms with Crippen LogP contribution in [0.2, 0.25) is 0 Å². The second-order valence-electron chi connectivity index (χ2n) is 3.25. The highest BCUT2D eigenvalue weighted by molar-refractivity contribution is 8.77. The molecule has 0 aromatic heterocycles. The topological polar surface area (TPSA) is 20.2 Å². The Hall–Kier alpha value is 0.140. The normalized spacial score (nSPS) is 13.9. The summed E-state index contributed by atoms with van der Waals surface area (Å²) in [5.74, 6) is 0.815. The highest BCUT2D eigenvalue weighted by Crippen LogP contribution is 2.34. The van der Waals surface area contributed by atoms with Crippen LogP contribution in [0.25, 0.3) is 0 Å². The lowest BCUT2D eigenvalue weighted by Gasteiger charge is -2.17. The van der Waals surface area contributed by atoms with Gasteiger partial charge in [0.25, 0.3) is 0 Å². The van der Waals surface area contributed by atoms with Crippen LogP contribution in [0.1, 0.15) is 33.1 Å². The van der Waals surface area contributed by atoms with E-state index in [4.69, 9.17) is 5.11 Å². The summed E-state index contributed by atoms with van der Waals surface area (Å²) in [6.45, 7) is 8.43. The SMILES string of the molecule is C=C/C=C(/CC)C(CCC)SSCCO. The minimum absolute atomic E-state index is 0.267. The van der Waals surface area contributed by atoms with E-state index in [1.54, 1.807) is 10.8 Å². The van der Waals surface area contributed by atoms with Crippen LogP contribution in [0.15, 0.2) is 24.3 Å². The smallest absolute Gasteiger partial charge is 0.0530 e. The molecule has 15 heavy (non-hydrogen) atoms. The van der Waals surface area contributed by atoms with Gasteiger partial charge in [-0.25, -0.2) is 0 Å². The molecule has 3 heteroatoms. The monoisotopic (exact) mass is 246 g/mol. The molecule has 0 saturated heterocycles. The zero-order valence-corrected chi connectivity index (χ0v) is 11.4. The molecule has 0 bridgehead atoms. The Balaban J connectivity index is 4.20. The van der Waals surface area contributed by atoms with E-state index in [1.165, 1.54) is 18.4 Å². The van der Waals surface area contributed by atoms with Gasteiger partial charge in [-0.3, -0.25) is 0 Å². The van der Waals surface area contributed by atoms with E-state index in [1.807, 2.05) is 16.9 Å². The average molecular weight is 246 g/mol. The van der Waals surface area contributed by atoms with Crippen molar-refractivity contribution in [3.8, 4) is 0 Å². The first kappa shape index (κ1) is 15.1. The van der Waals surface area contributed by atoms with Gasteiger partial charge in [0, 0.05) is 11.0 Å². The molecule has 0 saturated carbocycles. The minimum Gasteiger partial charge on any atom is -0.395 e. The molecule has 1 N–H and O–H groups in total. The van der Waals surface area contributed by atoms with Crippen LogP contribution < -0.4 is 0 Å². The van der Waals surface area contributed by atoms with E-state index in [0.717, 1.165) is 12.2 Å². The van der Waals surface area contributed by atoms with Crippen LogP contribution in [0.3, 0.4) is 0 Å².